The molecule has 9 heteroatoms. The zero-order chi connectivity index (χ0) is 24.7. The summed E-state index contributed by atoms with van der Waals surface area (Å²) < 4.78 is 16.5. The van der Waals surface area contributed by atoms with Crippen LogP contribution in [0.5, 0.6) is 17.2 Å². The molecule has 8 nitrogen and oxygen atoms in total. The number of anilines is 1. The van der Waals surface area contributed by atoms with Crippen molar-refractivity contribution in [2.45, 2.75) is 19.8 Å². The number of hydrogen-bond donors (Lipinski definition) is 1. The summed E-state index contributed by atoms with van der Waals surface area (Å²) in [7, 11) is 1.44. The lowest BCUT2D eigenvalue weighted by Crippen LogP contribution is -2.54. The summed E-state index contributed by atoms with van der Waals surface area (Å²) in [6, 6.07) is 8.75. The molecule has 0 atom stereocenters. The maximum Gasteiger partial charge on any atom is 0.335 e. The molecule has 1 aliphatic heterocycles. The van der Waals surface area contributed by atoms with Gasteiger partial charge in [0, 0.05) is 0 Å². The highest BCUT2D eigenvalue weighted by molar-refractivity contribution is 6.39. The number of methoxy groups -OCH3 is 1. The van der Waals surface area contributed by atoms with Crippen molar-refractivity contribution >= 4 is 41.2 Å². The summed E-state index contributed by atoms with van der Waals surface area (Å²) in [6.45, 7) is 6.45. The highest BCUT2D eigenvalue weighted by atomic mass is 35.5. The van der Waals surface area contributed by atoms with Crippen molar-refractivity contribution in [1.82, 2.24) is 5.32 Å². The molecule has 0 bridgehead atoms. The van der Waals surface area contributed by atoms with Gasteiger partial charge in [-0.15, -0.1) is 0 Å². The van der Waals surface area contributed by atoms with Crippen molar-refractivity contribution in [2.24, 2.45) is 0 Å². The number of carbonyl (C=O) groups is 3. The minimum absolute atomic E-state index is 0.219. The molecule has 0 unspecified atom stereocenters. The molecule has 0 aliphatic carbocycles. The monoisotopic (exact) mass is 484 g/mol. The molecule has 1 aliphatic rings. The highest BCUT2D eigenvalue weighted by Crippen LogP contribution is 2.37. The smallest absolute Gasteiger partial charge is 0.335 e. The molecule has 34 heavy (non-hydrogen) atoms. The van der Waals surface area contributed by atoms with E-state index < -0.39 is 17.8 Å². The summed E-state index contributed by atoms with van der Waals surface area (Å²) in [5.74, 6) is -0.335. The highest BCUT2D eigenvalue weighted by Gasteiger charge is 2.36. The van der Waals surface area contributed by atoms with Crippen LogP contribution in [0.4, 0.5) is 10.5 Å². The number of rotatable bonds is 10. The molecule has 0 aromatic heterocycles. The van der Waals surface area contributed by atoms with E-state index in [4.69, 9.17) is 25.8 Å². The van der Waals surface area contributed by atoms with Crippen molar-refractivity contribution in [2.75, 3.05) is 25.2 Å². The first kappa shape index (κ1) is 24.9. The lowest BCUT2D eigenvalue weighted by molar-refractivity contribution is -0.122. The summed E-state index contributed by atoms with van der Waals surface area (Å²) in [5, 5.41) is 2.42. The Morgan fingerprint density at radius 2 is 1.85 bits per heavy atom. The van der Waals surface area contributed by atoms with Crippen LogP contribution < -0.4 is 24.4 Å². The first-order valence-electron chi connectivity index (χ1n) is 10.6. The van der Waals surface area contributed by atoms with Crippen LogP contribution >= 0.6 is 11.6 Å². The van der Waals surface area contributed by atoms with Gasteiger partial charge in [-0.05, 0) is 54.5 Å². The van der Waals surface area contributed by atoms with E-state index >= 15 is 0 Å². The Kier molecular flexibility index (Phi) is 8.32. The zero-order valence-electron chi connectivity index (χ0n) is 18.9. The Labute approximate surface area is 202 Å². The molecular formula is C25H25ClN2O6. The van der Waals surface area contributed by atoms with Gasteiger partial charge in [0.2, 0.25) is 0 Å². The molecule has 2 aromatic rings. The van der Waals surface area contributed by atoms with E-state index in [2.05, 4.69) is 18.8 Å². The molecule has 1 saturated heterocycles. The number of halogens is 1. The predicted octanol–water partition coefficient (Wildman–Crippen LogP) is 4.76. The average Bonchev–Trinajstić information content (AvgIpc) is 2.81. The van der Waals surface area contributed by atoms with Crippen LogP contribution in [0.2, 0.25) is 5.02 Å². The summed E-state index contributed by atoms with van der Waals surface area (Å²) in [6.07, 6.45) is 4.82. The normalized spacial score (nSPS) is 14.7. The number of barbiturate groups is 1. The van der Waals surface area contributed by atoms with Gasteiger partial charge in [-0.3, -0.25) is 14.9 Å². The van der Waals surface area contributed by atoms with Gasteiger partial charge in [0.05, 0.1) is 24.4 Å². The van der Waals surface area contributed by atoms with Crippen LogP contribution in [0.25, 0.3) is 6.08 Å². The van der Waals surface area contributed by atoms with E-state index in [1.165, 1.54) is 19.3 Å². The second kappa shape index (κ2) is 11.4. The number of hydrogen-bond acceptors (Lipinski definition) is 6. The van der Waals surface area contributed by atoms with E-state index in [0.29, 0.717) is 35.1 Å². The quantitative estimate of drug-likeness (QED) is 0.226. The lowest BCUT2D eigenvalue weighted by atomic mass is 10.1. The first-order valence-corrected chi connectivity index (χ1v) is 11.0. The van der Waals surface area contributed by atoms with Crippen molar-refractivity contribution in [3.8, 4) is 17.2 Å². The van der Waals surface area contributed by atoms with Gasteiger partial charge >= 0.3 is 6.03 Å². The van der Waals surface area contributed by atoms with Gasteiger partial charge in [-0.1, -0.05) is 37.6 Å². The Balaban J connectivity index is 1.90. The number of urea groups is 1. The van der Waals surface area contributed by atoms with Crippen molar-refractivity contribution in [3.05, 3.63) is 65.2 Å². The number of benzene rings is 2. The standard InChI is InChI=1S/C25H25ClN2O6/c1-4-6-12-33-18-9-7-17(8-10-18)28-24(30)19(23(29)27-25(28)31)13-16-14-20(26)22(34-11-5-2)21(15-16)32-3/h5,7-10,13-15H,2,4,6,11-12H2,1,3H3,(H,27,29,31)/b19-13-. The predicted molar refractivity (Wildman–Crippen MR) is 130 cm³/mol. The Morgan fingerprint density at radius 3 is 2.50 bits per heavy atom. The molecule has 1 N–H and O–H groups in total. The molecule has 4 amide bonds. The van der Waals surface area contributed by atoms with Gasteiger partial charge < -0.3 is 14.2 Å². The number of nitrogens with zero attached hydrogens (tertiary/aromatic N) is 1. The third-order valence-corrected chi connectivity index (χ3v) is 5.15. The van der Waals surface area contributed by atoms with Crippen LogP contribution in [0.15, 0.2) is 54.6 Å². The fourth-order valence-electron chi connectivity index (χ4n) is 3.19. The van der Waals surface area contributed by atoms with Crippen molar-refractivity contribution in [3.63, 3.8) is 0 Å². The average molecular weight is 485 g/mol. The molecule has 2 aromatic carbocycles. The minimum Gasteiger partial charge on any atom is -0.494 e. The van der Waals surface area contributed by atoms with Crippen LogP contribution in [-0.2, 0) is 9.59 Å². The molecule has 178 valence electrons. The summed E-state index contributed by atoms with van der Waals surface area (Å²) >= 11 is 6.32. The Morgan fingerprint density at radius 1 is 1.12 bits per heavy atom. The van der Waals surface area contributed by atoms with Crippen LogP contribution in [0.1, 0.15) is 25.3 Å². The van der Waals surface area contributed by atoms with Crippen LogP contribution in [0, 0.1) is 0 Å². The Hall–Kier alpha value is -3.78. The topological polar surface area (TPSA) is 94.2 Å². The van der Waals surface area contributed by atoms with Gasteiger partial charge in [-0.2, -0.15) is 0 Å². The number of amides is 4. The fraction of sp³-hybridized carbons (Fsp3) is 0.240. The fourth-order valence-corrected chi connectivity index (χ4v) is 3.46. The van der Waals surface area contributed by atoms with Gasteiger partial charge in [-0.25, -0.2) is 9.69 Å². The van der Waals surface area contributed by atoms with E-state index in [1.807, 2.05) is 0 Å². The van der Waals surface area contributed by atoms with E-state index in [1.54, 1.807) is 36.4 Å². The minimum atomic E-state index is -0.837. The van der Waals surface area contributed by atoms with Gasteiger partial charge in [0.15, 0.2) is 11.5 Å². The van der Waals surface area contributed by atoms with Gasteiger partial charge in [0.25, 0.3) is 11.8 Å². The third-order valence-electron chi connectivity index (χ3n) is 4.87. The number of carbonyl (C=O) groups excluding carboxylic acids is 3. The number of ether oxygens (including phenoxy) is 3. The van der Waals surface area contributed by atoms with Gasteiger partial charge in [0.1, 0.15) is 17.9 Å². The second-order valence-corrected chi connectivity index (χ2v) is 7.69. The van der Waals surface area contributed by atoms with E-state index in [-0.39, 0.29) is 17.2 Å². The zero-order valence-corrected chi connectivity index (χ0v) is 19.7. The SMILES string of the molecule is C=CCOc1c(Cl)cc(/C=C2/C(=O)NC(=O)N(c3ccc(OCCCC)cc3)C2=O)cc1OC. The number of unbranched alkanes of at least 4 members (excludes halogenated alkanes) is 1. The summed E-state index contributed by atoms with van der Waals surface area (Å²) in [4.78, 5) is 39.0. The molecular weight excluding hydrogens is 460 g/mol. The molecule has 3 rings (SSSR count). The van der Waals surface area contributed by atoms with E-state index in [0.717, 1.165) is 17.7 Å². The third kappa shape index (κ3) is 5.58. The molecule has 0 saturated carbocycles. The first-order chi connectivity index (χ1) is 16.4. The van der Waals surface area contributed by atoms with Crippen molar-refractivity contribution < 1.29 is 28.6 Å². The van der Waals surface area contributed by atoms with E-state index in [9.17, 15) is 14.4 Å². The van der Waals surface area contributed by atoms with Crippen LogP contribution in [-0.4, -0.2) is 38.2 Å². The molecule has 0 radical (unpaired) electrons. The maximum absolute atomic E-state index is 13.1. The number of imide groups is 2. The molecule has 1 fully saturated rings. The number of nitrogens with one attached hydrogen (secondary N) is 1. The lowest BCUT2D eigenvalue weighted by Gasteiger charge is -2.26. The summed E-state index contributed by atoms with van der Waals surface area (Å²) in [5.41, 5.74) is 0.480. The molecule has 0 spiro atoms. The van der Waals surface area contributed by atoms with Crippen molar-refractivity contribution in [1.29, 1.82) is 0 Å². The molecule has 1 heterocycles. The Bertz CT molecular complexity index is 1130. The second-order valence-electron chi connectivity index (χ2n) is 7.29. The van der Waals surface area contributed by atoms with Crippen LogP contribution in [0.3, 0.4) is 0 Å². The largest absolute Gasteiger partial charge is 0.494 e. The maximum atomic E-state index is 13.1.